The van der Waals surface area contributed by atoms with E-state index in [1.807, 2.05) is 0 Å². The second kappa shape index (κ2) is 14.3. The van der Waals surface area contributed by atoms with Gasteiger partial charge in [0.25, 0.3) is 0 Å². The predicted molar refractivity (Wildman–Crippen MR) is 98.3 cm³/mol. The average Bonchev–Trinajstić information content (AvgIpc) is 2.56. The van der Waals surface area contributed by atoms with Crippen LogP contribution in [-0.4, -0.2) is 11.7 Å². The average molecular weight is 309 g/mol. The lowest BCUT2D eigenvalue weighted by atomic mass is 9.89. The van der Waals surface area contributed by atoms with Crippen LogP contribution in [0.25, 0.3) is 0 Å². The van der Waals surface area contributed by atoms with Crippen LogP contribution in [0.4, 0.5) is 0 Å². The largest absolute Gasteiger partial charge is 0.392 e. The van der Waals surface area contributed by atoms with Crippen molar-refractivity contribution in [3.8, 4) is 0 Å². The van der Waals surface area contributed by atoms with Crippen LogP contribution in [0.1, 0.15) is 116 Å². The summed E-state index contributed by atoms with van der Waals surface area (Å²) in [6, 6.07) is 0. The van der Waals surface area contributed by atoms with E-state index in [1.54, 1.807) is 5.57 Å². The lowest BCUT2D eigenvalue weighted by Gasteiger charge is -2.19. The molecule has 1 heteroatoms. The van der Waals surface area contributed by atoms with Gasteiger partial charge >= 0.3 is 0 Å². The van der Waals surface area contributed by atoms with E-state index in [-0.39, 0.29) is 0 Å². The molecule has 0 saturated carbocycles. The zero-order chi connectivity index (χ0) is 15.9. The standard InChI is InChI=1S/C21H40O/c1-2-3-4-5-6-7-8-9-10-11-12-13-16-20-17-14-15-18-21(20)19-22/h22H,2-19H2,1H3. The van der Waals surface area contributed by atoms with E-state index in [0.29, 0.717) is 6.61 Å². The molecular weight excluding hydrogens is 268 g/mol. The highest BCUT2D eigenvalue weighted by molar-refractivity contribution is 5.17. The second-order valence-electron chi connectivity index (χ2n) is 7.21. The van der Waals surface area contributed by atoms with Gasteiger partial charge in [-0.1, -0.05) is 83.1 Å². The second-order valence-corrected chi connectivity index (χ2v) is 7.21. The first-order valence-electron chi connectivity index (χ1n) is 10.2. The van der Waals surface area contributed by atoms with Gasteiger partial charge in [0.05, 0.1) is 6.61 Å². The Bertz CT molecular complexity index is 280. The molecule has 0 aromatic heterocycles. The van der Waals surface area contributed by atoms with E-state index in [1.165, 1.54) is 108 Å². The van der Waals surface area contributed by atoms with E-state index in [2.05, 4.69) is 6.92 Å². The van der Waals surface area contributed by atoms with E-state index in [4.69, 9.17) is 0 Å². The van der Waals surface area contributed by atoms with Crippen LogP contribution in [0.2, 0.25) is 0 Å². The van der Waals surface area contributed by atoms with Crippen LogP contribution < -0.4 is 0 Å². The molecule has 0 fully saturated rings. The third-order valence-corrected chi connectivity index (χ3v) is 5.23. The van der Waals surface area contributed by atoms with Crippen molar-refractivity contribution in [1.29, 1.82) is 0 Å². The van der Waals surface area contributed by atoms with Gasteiger partial charge < -0.3 is 5.11 Å². The maximum absolute atomic E-state index is 9.39. The number of unbranched alkanes of at least 4 members (excludes halogenated alkanes) is 11. The fraction of sp³-hybridized carbons (Fsp3) is 0.905. The van der Waals surface area contributed by atoms with Crippen molar-refractivity contribution in [2.45, 2.75) is 116 Å². The number of rotatable bonds is 14. The molecule has 1 nitrogen and oxygen atoms in total. The van der Waals surface area contributed by atoms with Gasteiger partial charge in [0.15, 0.2) is 0 Å². The number of hydrogen-bond acceptors (Lipinski definition) is 1. The van der Waals surface area contributed by atoms with E-state index in [0.717, 1.165) is 6.42 Å². The Balaban J connectivity index is 1.86. The highest BCUT2D eigenvalue weighted by atomic mass is 16.3. The first kappa shape index (κ1) is 19.7. The van der Waals surface area contributed by atoms with E-state index in [9.17, 15) is 5.11 Å². The normalized spacial score (nSPS) is 15.5. The van der Waals surface area contributed by atoms with Gasteiger partial charge in [0.2, 0.25) is 0 Å². The van der Waals surface area contributed by atoms with Crippen LogP contribution in [0.5, 0.6) is 0 Å². The number of allylic oxidation sites excluding steroid dienone is 1. The molecule has 0 heterocycles. The molecule has 0 bridgehead atoms. The Labute approximate surface area is 139 Å². The summed E-state index contributed by atoms with van der Waals surface area (Å²) in [5, 5.41) is 9.39. The van der Waals surface area contributed by atoms with Crippen molar-refractivity contribution < 1.29 is 5.11 Å². The van der Waals surface area contributed by atoms with Gasteiger partial charge in [-0.2, -0.15) is 0 Å². The molecule has 1 aliphatic rings. The Hall–Kier alpha value is -0.300. The fourth-order valence-corrected chi connectivity index (χ4v) is 3.70. The highest BCUT2D eigenvalue weighted by Crippen LogP contribution is 2.28. The van der Waals surface area contributed by atoms with Crippen molar-refractivity contribution in [2.75, 3.05) is 6.61 Å². The topological polar surface area (TPSA) is 20.2 Å². The zero-order valence-electron chi connectivity index (χ0n) is 15.2. The number of hydrogen-bond donors (Lipinski definition) is 1. The summed E-state index contributed by atoms with van der Waals surface area (Å²) >= 11 is 0. The Morgan fingerprint density at radius 2 is 1.09 bits per heavy atom. The Kier molecular flexibility index (Phi) is 12.8. The molecule has 0 saturated heterocycles. The SMILES string of the molecule is CCCCCCCCCCCCCCC1=C(CO)CCCC1. The maximum Gasteiger partial charge on any atom is 0.0644 e. The molecule has 1 rings (SSSR count). The van der Waals surface area contributed by atoms with Crippen LogP contribution in [-0.2, 0) is 0 Å². The van der Waals surface area contributed by atoms with Crippen molar-refractivity contribution >= 4 is 0 Å². The Morgan fingerprint density at radius 1 is 0.636 bits per heavy atom. The highest BCUT2D eigenvalue weighted by Gasteiger charge is 2.11. The van der Waals surface area contributed by atoms with Gasteiger partial charge in [-0.3, -0.25) is 0 Å². The molecule has 1 N–H and O–H groups in total. The summed E-state index contributed by atoms with van der Waals surface area (Å²) in [5.74, 6) is 0. The van der Waals surface area contributed by atoms with Crippen molar-refractivity contribution in [3.63, 3.8) is 0 Å². The minimum atomic E-state index is 0.313. The number of aliphatic hydroxyl groups is 1. The zero-order valence-corrected chi connectivity index (χ0v) is 15.2. The molecule has 0 amide bonds. The quantitative estimate of drug-likeness (QED) is 0.272. The third-order valence-electron chi connectivity index (χ3n) is 5.23. The molecule has 0 unspecified atom stereocenters. The minimum Gasteiger partial charge on any atom is -0.392 e. The molecule has 0 spiro atoms. The van der Waals surface area contributed by atoms with Crippen LogP contribution in [0.15, 0.2) is 11.1 Å². The smallest absolute Gasteiger partial charge is 0.0644 e. The molecule has 1 aliphatic carbocycles. The van der Waals surface area contributed by atoms with E-state index >= 15 is 0 Å². The molecule has 0 aliphatic heterocycles. The van der Waals surface area contributed by atoms with Gasteiger partial charge in [-0.05, 0) is 44.1 Å². The van der Waals surface area contributed by atoms with Crippen LogP contribution >= 0.6 is 0 Å². The van der Waals surface area contributed by atoms with Crippen molar-refractivity contribution in [3.05, 3.63) is 11.1 Å². The summed E-state index contributed by atoms with van der Waals surface area (Å²) in [6.45, 7) is 2.60. The van der Waals surface area contributed by atoms with Crippen molar-refractivity contribution in [2.24, 2.45) is 0 Å². The summed E-state index contributed by atoms with van der Waals surface area (Å²) in [7, 11) is 0. The first-order valence-corrected chi connectivity index (χ1v) is 10.2. The lowest BCUT2D eigenvalue weighted by molar-refractivity contribution is 0.319. The summed E-state index contributed by atoms with van der Waals surface area (Å²) in [6.07, 6.45) is 23.4. The molecular formula is C21H40O. The van der Waals surface area contributed by atoms with Crippen LogP contribution in [0.3, 0.4) is 0 Å². The summed E-state index contributed by atoms with van der Waals surface area (Å²) < 4.78 is 0. The van der Waals surface area contributed by atoms with Gasteiger partial charge in [-0.25, -0.2) is 0 Å². The molecule has 130 valence electrons. The third kappa shape index (κ3) is 9.66. The van der Waals surface area contributed by atoms with Crippen molar-refractivity contribution in [1.82, 2.24) is 0 Å². The molecule has 0 aromatic rings. The van der Waals surface area contributed by atoms with E-state index < -0.39 is 0 Å². The molecule has 0 atom stereocenters. The maximum atomic E-state index is 9.39. The summed E-state index contributed by atoms with van der Waals surface area (Å²) in [4.78, 5) is 0. The number of aliphatic hydroxyl groups excluding tert-OH is 1. The summed E-state index contributed by atoms with van der Waals surface area (Å²) in [5.41, 5.74) is 2.97. The minimum absolute atomic E-state index is 0.313. The molecule has 0 aromatic carbocycles. The Morgan fingerprint density at radius 3 is 1.59 bits per heavy atom. The molecule has 0 radical (unpaired) electrons. The monoisotopic (exact) mass is 308 g/mol. The van der Waals surface area contributed by atoms with Gasteiger partial charge in [-0.15, -0.1) is 0 Å². The van der Waals surface area contributed by atoms with Gasteiger partial charge in [0, 0.05) is 0 Å². The fourth-order valence-electron chi connectivity index (χ4n) is 3.70. The van der Waals surface area contributed by atoms with Gasteiger partial charge in [0.1, 0.15) is 0 Å². The predicted octanol–water partition coefficient (Wildman–Crippen LogP) is 6.94. The van der Waals surface area contributed by atoms with Crippen LogP contribution in [0, 0.1) is 0 Å². The molecule has 22 heavy (non-hydrogen) atoms. The first-order chi connectivity index (χ1) is 10.9. The lowest BCUT2D eigenvalue weighted by Crippen LogP contribution is -2.03.